The Morgan fingerprint density at radius 3 is 2.67 bits per heavy atom. The molecule has 0 fully saturated rings. The fourth-order valence-corrected chi connectivity index (χ4v) is 2.60. The summed E-state index contributed by atoms with van der Waals surface area (Å²) in [5, 5.41) is 0.659. The zero-order chi connectivity index (χ0) is 19.6. The van der Waals surface area contributed by atoms with Gasteiger partial charge in [0, 0.05) is 10.6 Å². The molecule has 2 aromatic carbocycles. The second kappa shape index (κ2) is 10.6. The third kappa shape index (κ3) is 6.31. The molecule has 144 valence electrons. The van der Waals surface area contributed by atoms with Crippen molar-refractivity contribution >= 4 is 17.6 Å². The van der Waals surface area contributed by atoms with Crippen molar-refractivity contribution in [3.8, 4) is 11.5 Å². The number of allylic oxidation sites excluding steroid dienone is 1. The van der Waals surface area contributed by atoms with Gasteiger partial charge in [0.15, 0.2) is 0 Å². The third-order valence-electron chi connectivity index (χ3n) is 3.76. The van der Waals surface area contributed by atoms with Crippen LogP contribution in [-0.2, 0) is 16.2 Å². The van der Waals surface area contributed by atoms with Crippen LogP contribution in [0.3, 0.4) is 0 Å². The van der Waals surface area contributed by atoms with Gasteiger partial charge in [-0.25, -0.2) is 4.79 Å². The molecule has 0 radical (unpaired) electrons. The lowest BCUT2D eigenvalue weighted by molar-refractivity contribution is -0.132. The molecule has 5 nitrogen and oxygen atoms in total. The SMILES string of the molecule is CCCC=C(NOC)C(=O)Oc1ccccc1COc1ccc(Cl)cc1C. The van der Waals surface area contributed by atoms with E-state index in [1.165, 1.54) is 7.11 Å². The number of carbonyl (C=O) groups is 1. The molecule has 0 aromatic heterocycles. The lowest BCUT2D eigenvalue weighted by atomic mass is 10.2. The van der Waals surface area contributed by atoms with E-state index in [4.69, 9.17) is 25.9 Å². The maximum atomic E-state index is 12.4. The zero-order valence-corrected chi connectivity index (χ0v) is 16.5. The highest BCUT2D eigenvalue weighted by molar-refractivity contribution is 6.30. The predicted octanol–water partition coefficient (Wildman–Crippen LogP) is 4.97. The zero-order valence-electron chi connectivity index (χ0n) is 15.8. The van der Waals surface area contributed by atoms with Gasteiger partial charge in [0.2, 0.25) is 0 Å². The van der Waals surface area contributed by atoms with Crippen LogP contribution < -0.4 is 15.0 Å². The third-order valence-corrected chi connectivity index (χ3v) is 4.00. The Labute approximate surface area is 164 Å². The normalized spacial score (nSPS) is 11.2. The number of ether oxygens (including phenoxy) is 2. The number of rotatable bonds is 9. The number of halogens is 1. The fraction of sp³-hybridized carbons (Fsp3) is 0.286. The number of benzene rings is 2. The molecule has 27 heavy (non-hydrogen) atoms. The largest absolute Gasteiger partial charge is 0.488 e. The van der Waals surface area contributed by atoms with Crippen LogP contribution in [-0.4, -0.2) is 13.1 Å². The maximum absolute atomic E-state index is 12.4. The Morgan fingerprint density at radius 2 is 1.96 bits per heavy atom. The van der Waals surface area contributed by atoms with Crippen LogP contribution in [0.15, 0.2) is 54.2 Å². The summed E-state index contributed by atoms with van der Waals surface area (Å²) >= 11 is 5.97. The Balaban J connectivity index is 2.11. The van der Waals surface area contributed by atoms with Gasteiger partial charge in [-0.2, -0.15) is 0 Å². The van der Waals surface area contributed by atoms with Crippen LogP contribution in [0, 0.1) is 6.92 Å². The highest BCUT2D eigenvalue weighted by atomic mass is 35.5. The van der Waals surface area contributed by atoms with Gasteiger partial charge in [-0.3, -0.25) is 10.3 Å². The summed E-state index contributed by atoms with van der Waals surface area (Å²) < 4.78 is 11.4. The second-order valence-corrected chi connectivity index (χ2v) is 6.34. The highest BCUT2D eigenvalue weighted by Gasteiger charge is 2.15. The monoisotopic (exact) mass is 389 g/mol. The van der Waals surface area contributed by atoms with E-state index in [9.17, 15) is 4.79 Å². The average molecular weight is 390 g/mol. The molecule has 0 saturated heterocycles. The molecule has 1 N–H and O–H groups in total. The predicted molar refractivity (Wildman–Crippen MR) is 106 cm³/mol. The van der Waals surface area contributed by atoms with Crippen molar-refractivity contribution in [1.82, 2.24) is 5.48 Å². The van der Waals surface area contributed by atoms with E-state index in [2.05, 4.69) is 5.48 Å². The van der Waals surface area contributed by atoms with Gasteiger partial charge in [0.05, 0.1) is 7.11 Å². The molecular weight excluding hydrogens is 366 g/mol. The van der Waals surface area contributed by atoms with E-state index in [0.29, 0.717) is 10.8 Å². The second-order valence-electron chi connectivity index (χ2n) is 5.91. The first kappa shape index (κ1) is 20.8. The summed E-state index contributed by atoms with van der Waals surface area (Å²) in [6.45, 7) is 4.21. The van der Waals surface area contributed by atoms with E-state index < -0.39 is 5.97 Å². The van der Waals surface area contributed by atoms with E-state index in [1.54, 1.807) is 24.3 Å². The number of para-hydroxylation sites is 1. The molecule has 2 aromatic rings. The summed E-state index contributed by atoms with van der Waals surface area (Å²) in [6.07, 6.45) is 3.40. The van der Waals surface area contributed by atoms with Crippen LogP contribution in [0.4, 0.5) is 0 Å². The summed E-state index contributed by atoms with van der Waals surface area (Å²) in [4.78, 5) is 17.3. The first-order valence-electron chi connectivity index (χ1n) is 8.73. The summed E-state index contributed by atoms with van der Waals surface area (Å²) in [6, 6.07) is 12.7. The van der Waals surface area contributed by atoms with Gasteiger partial charge in [0.25, 0.3) is 0 Å². The minimum Gasteiger partial charge on any atom is -0.488 e. The number of aryl methyl sites for hydroxylation is 1. The van der Waals surface area contributed by atoms with Crippen molar-refractivity contribution in [1.29, 1.82) is 0 Å². The van der Waals surface area contributed by atoms with Crippen LogP contribution in [0.2, 0.25) is 5.02 Å². The Kier molecular flexibility index (Phi) is 8.17. The molecule has 2 rings (SSSR count). The van der Waals surface area contributed by atoms with Crippen molar-refractivity contribution in [2.75, 3.05) is 7.11 Å². The summed E-state index contributed by atoms with van der Waals surface area (Å²) in [5.41, 5.74) is 4.53. The minimum atomic E-state index is -0.513. The Morgan fingerprint density at radius 1 is 1.19 bits per heavy atom. The molecule has 0 aliphatic heterocycles. The molecule has 0 unspecified atom stereocenters. The fourth-order valence-electron chi connectivity index (χ4n) is 2.37. The number of hydrogen-bond donors (Lipinski definition) is 1. The molecule has 0 atom stereocenters. The van der Waals surface area contributed by atoms with Gasteiger partial charge in [0.1, 0.15) is 23.8 Å². The van der Waals surface area contributed by atoms with Crippen molar-refractivity contribution in [2.24, 2.45) is 0 Å². The van der Waals surface area contributed by atoms with Crippen molar-refractivity contribution in [3.05, 3.63) is 70.4 Å². The molecule has 0 amide bonds. The minimum absolute atomic E-state index is 0.262. The van der Waals surface area contributed by atoms with Gasteiger partial charge < -0.3 is 9.47 Å². The lowest BCUT2D eigenvalue weighted by Gasteiger charge is -2.14. The number of hydrogen-bond acceptors (Lipinski definition) is 5. The topological polar surface area (TPSA) is 56.8 Å². The summed E-state index contributed by atoms with van der Waals surface area (Å²) in [5.74, 6) is 0.653. The molecule has 0 aliphatic rings. The summed E-state index contributed by atoms with van der Waals surface area (Å²) in [7, 11) is 1.45. The van der Waals surface area contributed by atoms with Crippen LogP contribution >= 0.6 is 11.6 Å². The quantitative estimate of drug-likeness (QED) is 0.284. The van der Waals surface area contributed by atoms with E-state index >= 15 is 0 Å². The molecule has 0 saturated carbocycles. The molecule has 6 heteroatoms. The average Bonchev–Trinajstić information content (AvgIpc) is 2.65. The van der Waals surface area contributed by atoms with Crippen LogP contribution in [0.5, 0.6) is 11.5 Å². The molecule has 0 spiro atoms. The number of unbranched alkanes of at least 4 members (excludes halogenated alkanes) is 1. The molecule has 0 heterocycles. The van der Waals surface area contributed by atoms with Crippen molar-refractivity contribution in [3.63, 3.8) is 0 Å². The van der Waals surface area contributed by atoms with E-state index in [1.807, 2.05) is 38.1 Å². The van der Waals surface area contributed by atoms with Crippen molar-refractivity contribution in [2.45, 2.75) is 33.3 Å². The lowest BCUT2D eigenvalue weighted by Crippen LogP contribution is -2.24. The molecule has 0 aliphatic carbocycles. The van der Waals surface area contributed by atoms with Gasteiger partial charge in [-0.1, -0.05) is 49.2 Å². The molecular formula is C21H24ClNO4. The van der Waals surface area contributed by atoms with Crippen molar-refractivity contribution < 1.29 is 19.1 Å². The number of nitrogens with one attached hydrogen (secondary N) is 1. The first-order chi connectivity index (χ1) is 13.0. The highest BCUT2D eigenvalue weighted by Crippen LogP contribution is 2.25. The maximum Gasteiger partial charge on any atom is 0.361 e. The Hall–Kier alpha value is -2.50. The van der Waals surface area contributed by atoms with Gasteiger partial charge >= 0.3 is 5.97 Å². The van der Waals surface area contributed by atoms with Gasteiger partial charge in [-0.15, -0.1) is 0 Å². The number of esters is 1. The van der Waals surface area contributed by atoms with Crippen LogP contribution in [0.25, 0.3) is 0 Å². The Bertz CT molecular complexity index is 805. The number of carbonyl (C=O) groups excluding carboxylic acids is 1. The van der Waals surface area contributed by atoms with Crippen LogP contribution in [0.1, 0.15) is 30.9 Å². The van der Waals surface area contributed by atoms with Gasteiger partial charge in [-0.05, 0) is 43.2 Å². The standard InChI is InChI=1S/C21H24ClNO4/c1-4-5-9-18(23-25-3)21(24)27-20-10-7-6-8-16(20)14-26-19-12-11-17(22)13-15(19)2/h6-13,23H,4-5,14H2,1-3H3. The van der Waals surface area contributed by atoms with E-state index in [0.717, 1.165) is 29.7 Å². The number of hydroxylamine groups is 1. The smallest absolute Gasteiger partial charge is 0.361 e. The molecule has 0 bridgehead atoms. The van der Waals surface area contributed by atoms with E-state index in [-0.39, 0.29) is 12.3 Å². The first-order valence-corrected chi connectivity index (χ1v) is 9.11.